The van der Waals surface area contributed by atoms with Crippen LogP contribution in [0.3, 0.4) is 0 Å². The van der Waals surface area contributed by atoms with Crippen molar-refractivity contribution in [3.63, 3.8) is 0 Å². The number of nitrogens with two attached hydrogens (primary N) is 1. The van der Waals surface area contributed by atoms with Crippen LogP contribution in [0.2, 0.25) is 10.0 Å². The van der Waals surface area contributed by atoms with Crippen LogP contribution in [0, 0.1) is 5.92 Å². The Morgan fingerprint density at radius 1 is 1.44 bits per heavy atom. The third-order valence-corrected chi connectivity index (χ3v) is 4.27. The van der Waals surface area contributed by atoms with E-state index in [-0.39, 0.29) is 0 Å². The summed E-state index contributed by atoms with van der Waals surface area (Å²) in [5.41, 5.74) is 6.77. The molecule has 2 nitrogen and oxygen atoms in total. The van der Waals surface area contributed by atoms with Gasteiger partial charge in [0.25, 0.3) is 0 Å². The summed E-state index contributed by atoms with van der Waals surface area (Å²) in [4.78, 5) is 2.30. The minimum atomic E-state index is 0.431. The van der Waals surface area contributed by atoms with Crippen LogP contribution in [0.25, 0.3) is 0 Å². The van der Waals surface area contributed by atoms with Crippen molar-refractivity contribution in [3.05, 3.63) is 28.2 Å². The Morgan fingerprint density at radius 3 is 2.81 bits per heavy atom. The summed E-state index contributed by atoms with van der Waals surface area (Å²) in [6, 6.07) is 6.20. The molecule has 1 saturated heterocycles. The first-order chi connectivity index (χ1) is 7.65. The molecule has 1 fully saturated rings. The minimum Gasteiger partial charge on any atom is -0.367 e. The van der Waals surface area contributed by atoms with Crippen molar-refractivity contribution in [1.29, 1.82) is 0 Å². The lowest BCUT2D eigenvalue weighted by Crippen LogP contribution is -2.32. The summed E-state index contributed by atoms with van der Waals surface area (Å²) < 4.78 is 0. The zero-order valence-corrected chi connectivity index (χ0v) is 10.8. The van der Waals surface area contributed by atoms with Gasteiger partial charge >= 0.3 is 0 Å². The third-order valence-electron chi connectivity index (χ3n) is 3.46. The smallest absolute Gasteiger partial charge is 0.0825 e. The fraction of sp³-hybridized carbons (Fsp3) is 0.500. The molecule has 88 valence electrons. The molecule has 1 aliphatic rings. The first-order valence-corrected chi connectivity index (χ1v) is 6.31. The number of benzene rings is 1. The Labute approximate surface area is 106 Å². The van der Waals surface area contributed by atoms with Crippen LogP contribution in [0.4, 0.5) is 5.69 Å². The van der Waals surface area contributed by atoms with E-state index >= 15 is 0 Å². The van der Waals surface area contributed by atoms with Gasteiger partial charge in [0.2, 0.25) is 0 Å². The van der Waals surface area contributed by atoms with Gasteiger partial charge in [0.1, 0.15) is 0 Å². The maximum absolute atomic E-state index is 6.22. The van der Waals surface area contributed by atoms with E-state index in [0.717, 1.165) is 25.2 Å². The highest BCUT2D eigenvalue weighted by Crippen LogP contribution is 2.37. The molecule has 0 saturated carbocycles. The van der Waals surface area contributed by atoms with Gasteiger partial charge in [-0.25, -0.2) is 0 Å². The highest BCUT2D eigenvalue weighted by atomic mass is 35.5. The van der Waals surface area contributed by atoms with E-state index in [0.29, 0.717) is 22.0 Å². The lowest BCUT2D eigenvalue weighted by atomic mass is 10.0. The van der Waals surface area contributed by atoms with Crippen LogP contribution in [0.1, 0.15) is 13.3 Å². The van der Waals surface area contributed by atoms with Crippen molar-refractivity contribution < 1.29 is 0 Å². The van der Waals surface area contributed by atoms with E-state index in [9.17, 15) is 0 Å². The SMILES string of the molecule is CC1C(CN)CCN1c1cccc(Cl)c1Cl. The van der Waals surface area contributed by atoms with Gasteiger partial charge in [-0.1, -0.05) is 29.3 Å². The topological polar surface area (TPSA) is 29.3 Å². The van der Waals surface area contributed by atoms with Crippen LogP contribution in [-0.4, -0.2) is 19.1 Å². The average molecular weight is 259 g/mol. The van der Waals surface area contributed by atoms with E-state index in [2.05, 4.69) is 11.8 Å². The number of halogens is 2. The molecule has 1 aromatic rings. The Hall–Kier alpha value is -0.440. The maximum atomic E-state index is 6.22. The van der Waals surface area contributed by atoms with Gasteiger partial charge in [-0.05, 0) is 37.9 Å². The molecule has 1 aromatic carbocycles. The lowest BCUT2D eigenvalue weighted by molar-refractivity contribution is 0.508. The highest BCUT2D eigenvalue weighted by Gasteiger charge is 2.30. The molecule has 0 amide bonds. The van der Waals surface area contributed by atoms with Crippen molar-refractivity contribution in [2.75, 3.05) is 18.0 Å². The van der Waals surface area contributed by atoms with Crippen LogP contribution < -0.4 is 10.6 Å². The van der Waals surface area contributed by atoms with Gasteiger partial charge in [0.15, 0.2) is 0 Å². The molecule has 2 N–H and O–H groups in total. The summed E-state index contributed by atoms with van der Waals surface area (Å²) in [5, 5.41) is 1.26. The van der Waals surface area contributed by atoms with Crippen LogP contribution >= 0.6 is 23.2 Å². The standard InChI is InChI=1S/C12H16Cl2N2/c1-8-9(7-15)5-6-16(8)11-4-2-3-10(13)12(11)14/h2-4,8-9H,5-7,15H2,1H3. The molecular weight excluding hydrogens is 243 g/mol. The monoisotopic (exact) mass is 258 g/mol. The van der Waals surface area contributed by atoms with E-state index < -0.39 is 0 Å². The van der Waals surface area contributed by atoms with E-state index in [1.807, 2.05) is 18.2 Å². The number of anilines is 1. The Balaban J connectivity index is 2.29. The normalized spacial score (nSPS) is 25.1. The molecule has 0 bridgehead atoms. The number of nitrogens with zero attached hydrogens (tertiary/aromatic N) is 1. The number of hydrogen-bond acceptors (Lipinski definition) is 2. The average Bonchev–Trinajstić information content (AvgIpc) is 2.64. The Kier molecular flexibility index (Phi) is 3.63. The zero-order valence-electron chi connectivity index (χ0n) is 9.29. The Bertz CT molecular complexity index is 381. The summed E-state index contributed by atoms with van der Waals surface area (Å²) >= 11 is 12.3. The predicted molar refractivity (Wildman–Crippen MR) is 70.4 cm³/mol. The number of hydrogen-bond donors (Lipinski definition) is 1. The first-order valence-electron chi connectivity index (χ1n) is 5.56. The van der Waals surface area contributed by atoms with Crippen molar-refractivity contribution in [2.45, 2.75) is 19.4 Å². The van der Waals surface area contributed by atoms with Crippen molar-refractivity contribution >= 4 is 28.9 Å². The Morgan fingerprint density at radius 2 is 2.19 bits per heavy atom. The number of rotatable bonds is 2. The van der Waals surface area contributed by atoms with E-state index in [4.69, 9.17) is 28.9 Å². The molecule has 0 radical (unpaired) electrons. The van der Waals surface area contributed by atoms with Gasteiger partial charge in [-0.3, -0.25) is 0 Å². The van der Waals surface area contributed by atoms with Crippen LogP contribution in [0.15, 0.2) is 18.2 Å². The van der Waals surface area contributed by atoms with Gasteiger partial charge in [0, 0.05) is 12.6 Å². The molecule has 2 rings (SSSR count). The third kappa shape index (κ3) is 2.02. The summed E-state index contributed by atoms with van der Waals surface area (Å²) in [6.07, 6.45) is 1.13. The first kappa shape index (κ1) is 12.0. The second-order valence-corrected chi connectivity index (χ2v) is 5.08. The fourth-order valence-corrected chi connectivity index (χ4v) is 2.78. The zero-order chi connectivity index (χ0) is 11.7. The van der Waals surface area contributed by atoms with Gasteiger partial charge < -0.3 is 10.6 Å². The van der Waals surface area contributed by atoms with Crippen molar-refractivity contribution in [1.82, 2.24) is 0 Å². The van der Waals surface area contributed by atoms with Crippen molar-refractivity contribution in [2.24, 2.45) is 11.7 Å². The predicted octanol–water partition coefficient (Wildman–Crippen LogP) is 3.17. The molecule has 2 unspecified atom stereocenters. The molecule has 1 aliphatic heterocycles. The largest absolute Gasteiger partial charge is 0.367 e. The van der Waals surface area contributed by atoms with Gasteiger partial charge in [0.05, 0.1) is 15.7 Å². The molecule has 4 heteroatoms. The summed E-state index contributed by atoms with van der Waals surface area (Å²) in [7, 11) is 0. The summed E-state index contributed by atoms with van der Waals surface area (Å²) in [5.74, 6) is 0.551. The molecule has 16 heavy (non-hydrogen) atoms. The lowest BCUT2D eigenvalue weighted by Gasteiger charge is -2.27. The second-order valence-electron chi connectivity index (χ2n) is 4.29. The summed E-state index contributed by atoms with van der Waals surface area (Å²) in [6.45, 7) is 3.93. The molecule has 0 aromatic heterocycles. The maximum Gasteiger partial charge on any atom is 0.0825 e. The van der Waals surface area contributed by atoms with Crippen LogP contribution in [-0.2, 0) is 0 Å². The molecule has 0 spiro atoms. The highest BCUT2D eigenvalue weighted by molar-refractivity contribution is 6.43. The second kappa shape index (κ2) is 4.82. The van der Waals surface area contributed by atoms with Gasteiger partial charge in [-0.2, -0.15) is 0 Å². The van der Waals surface area contributed by atoms with Crippen LogP contribution in [0.5, 0.6) is 0 Å². The molecule has 1 heterocycles. The minimum absolute atomic E-state index is 0.431. The van der Waals surface area contributed by atoms with Gasteiger partial charge in [-0.15, -0.1) is 0 Å². The molecular formula is C12H16Cl2N2. The molecule has 2 atom stereocenters. The van der Waals surface area contributed by atoms with E-state index in [1.165, 1.54) is 0 Å². The van der Waals surface area contributed by atoms with E-state index in [1.54, 1.807) is 0 Å². The van der Waals surface area contributed by atoms with Crippen molar-refractivity contribution in [3.8, 4) is 0 Å². The molecule has 0 aliphatic carbocycles. The quantitative estimate of drug-likeness (QED) is 0.883. The fourth-order valence-electron chi connectivity index (χ4n) is 2.37.